The molecule has 152 valence electrons. The predicted octanol–water partition coefficient (Wildman–Crippen LogP) is 2.84. The van der Waals surface area contributed by atoms with Crippen LogP contribution in [-0.2, 0) is 6.54 Å². The number of halogens is 2. The Balaban J connectivity index is 0.00000225. The van der Waals surface area contributed by atoms with Crippen LogP contribution in [-0.4, -0.2) is 52.6 Å². The lowest BCUT2D eigenvalue weighted by atomic mass is 10.2. The lowest BCUT2D eigenvalue weighted by Gasteiger charge is -2.18. The maximum absolute atomic E-state index is 14.5. The van der Waals surface area contributed by atoms with Gasteiger partial charge in [-0.1, -0.05) is 6.07 Å². The first-order chi connectivity index (χ1) is 13.1. The Morgan fingerprint density at radius 2 is 2.14 bits per heavy atom. The maximum Gasteiger partial charge on any atom is 0.191 e. The van der Waals surface area contributed by atoms with E-state index in [2.05, 4.69) is 25.5 Å². The van der Waals surface area contributed by atoms with E-state index >= 15 is 0 Å². The Morgan fingerprint density at radius 3 is 2.79 bits per heavy atom. The third-order valence-corrected chi connectivity index (χ3v) is 5.40. The average Bonchev–Trinajstić information content (AvgIpc) is 3.27. The third-order valence-electron chi connectivity index (χ3n) is 5.40. The molecule has 4 rings (SSSR count). The van der Waals surface area contributed by atoms with E-state index in [4.69, 9.17) is 0 Å². The van der Waals surface area contributed by atoms with Crippen LogP contribution in [0.5, 0.6) is 0 Å². The molecule has 1 aliphatic heterocycles. The number of rotatable bonds is 5. The van der Waals surface area contributed by atoms with Crippen LogP contribution >= 0.6 is 24.0 Å². The Labute approximate surface area is 182 Å². The molecule has 0 spiro atoms. The van der Waals surface area contributed by atoms with Crippen LogP contribution in [0.2, 0.25) is 0 Å². The molecule has 1 aromatic heterocycles. The van der Waals surface area contributed by atoms with Crippen LogP contribution in [0.1, 0.15) is 30.7 Å². The van der Waals surface area contributed by atoms with Crippen LogP contribution < -0.4 is 10.6 Å². The van der Waals surface area contributed by atoms with Gasteiger partial charge in [-0.3, -0.25) is 9.89 Å². The first-order valence-corrected chi connectivity index (χ1v) is 9.64. The van der Waals surface area contributed by atoms with E-state index in [9.17, 15) is 4.39 Å². The number of aryl methyl sites for hydroxylation is 1. The fraction of sp³-hybridized carbons (Fsp3) is 0.500. The number of guanidine groups is 1. The molecule has 2 aliphatic rings. The molecule has 6 nitrogen and oxygen atoms in total. The first kappa shape index (κ1) is 21.0. The Morgan fingerprint density at radius 1 is 1.32 bits per heavy atom. The summed E-state index contributed by atoms with van der Waals surface area (Å²) in [6.45, 7) is 4.63. The van der Waals surface area contributed by atoms with Crippen molar-refractivity contribution in [2.75, 3.05) is 20.1 Å². The zero-order valence-electron chi connectivity index (χ0n) is 16.4. The van der Waals surface area contributed by atoms with Crippen LogP contribution in [0.15, 0.2) is 35.6 Å². The molecule has 1 unspecified atom stereocenters. The van der Waals surface area contributed by atoms with Gasteiger partial charge < -0.3 is 15.2 Å². The van der Waals surface area contributed by atoms with E-state index in [1.807, 2.05) is 13.0 Å². The van der Waals surface area contributed by atoms with Gasteiger partial charge >= 0.3 is 0 Å². The van der Waals surface area contributed by atoms with Crippen molar-refractivity contribution in [1.82, 2.24) is 25.1 Å². The van der Waals surface area contributed by atoms with E-state index in [1.165, 1.54) is 19.4 Å². The van der Waals surface area contributed by atoms with Crippen LogP contribution in [0.4, 0.5) is 4.39 Å². The zero-order valence-corrected chi connectivity index (χ0v) is 18.7. The molecule has 1 saturated carbocycles. The molecule has 2 aromatic rings. The highest BCUT2D eigenvalue weighted by molar-refractivity contribution is 14.0. The van der Waals surface area contributed by atoms with Crippen molar-refractivity contribution in [3.63, 3.8) is 0 Å². The normalized spacial score (nSPS) is 20.1. The van der Waals surface area contributed by atoms with Crippen molar-refractivity contribution in [1.29, 1.82) is 0 Å². The lowest BCUT2D eigenvalue weighted by Crippen LogP contribution is -2.44. The summed E-state index contributed by atoms with van der Waals surface area (Å²) in [7, 11) is 1.77. The molecule has 1 saturated heterocycles. The van der Waals surface area contributed by atoms with Crippen molar-refractivity contribution in [2.24, 2.45) is 4.99 Å². The summed E-state index contributed by atoms with van der Waals surface area (Å²) >= 11 is 0. The highest BCUT2D eigenvalue weighted by Crippen LogP contribution is 2.29. The molecular formula is C20H28FIN6. The molecule has 2 heterocycles. The van der Waals surface area contributed by atoms with Gasteiger partial charge in [-0.15, -0.1) is 24.0 Å². The van der Waals surface area contributed by atoms with Gasteiger partial charge in [0, 0.05) is 51.2 Å². The number of hydrogen-bond acceptors (Lipinski definition) is 3. The van der Waals surface area contributed by atoms with E-state index in [0.717, 1.165) is 36.4 Å². The largest absolute Gasteiger partial charge is 0.352 e. The molecular weight excluding hydrogens is 470 g/mol. The first-order valence-electron chi connectivity index (χ1n) is 9.64. The number of likely N-dealkylation sites (tertiary alicyclic amines) is 1. The van der Waals surface area contributed by atoms with Gasteiger partial charge in [-0.25, -0.2) is 9.37 Å². The minimum Gasteiger partial charge on any atom is -0.352 e. The topological polar surface area (TPSA) is 57.5 Å². The summed E-state index contributed by atoms with van der Waals surface area (Å²) in [5.74, 6) is 1.28. The zero-order chi connectivity index (χ0) is 18.8. The summed E-state index contributed by atoms with van der Waals surface area (Å²) in [4.78, 5) is 11.0. The van der Waals surface area contributed by atoms with Crippen LogP contribution in [0, 0.1) is 12.7 Å². The molecule has 28 heavy (non-hydrogen) atoms. The quantitative estimate of drug-likeness (QED) is 0.378. The SMILES string of the molecule is CN=C(NCc1ccc(-n2ccnc2C)c(F)c1)NC1CCN(C2CC2)C1.I. The van der Waals surface area contributed by atoms with Gasteiger partial charge in [0.25, 0.3) is 0 Å². The lowest BCUT2D eigenvalue weighted by molar-refractivity contribution is 0.321. The monoisotopic (exact) mass is 498 g/mol. The molecule has 1 atom stereocenters. The highest BCUT2D eigenvalue weighted by atomic mass is 127. The van der Waals surface area contributed by atoms with E-state index in [1.54, 1.807) is 36.1 Å². The molecule has 2 fully saturated rings. The van der Waals surface area contributed by atoms with E-state index in [-0.39, 0.29) is 29.8 Å². The second-order valence-electron chi connectivity index (χ2n) is 7.41. The predicted molar refractivity (Wildman–Crippen MR) is 120 cm³/mol. The van der Waals surface area contributed by atoms with Gasteiger partial charge in [0.05, 0.1) is 5.69 Å². The highest BCUT2D eigenvalue weighted by Gasteiger charge is 2.34. The maximum atomic E-state index is 14.5. The van der Waals surface area contributed by atoms with Crippen molar-refractivity contribution < 1.29 is 4.39 Å². The van der Waals surface area contributed by atoms with E-state index in [0.29, 0.717) is 18.3 Å². The van der Waals surface area contributed by atoms with Gasteiger partial charge in [-0.05, 0) is 43.9 Å². The second kappa shape index (κ2) is 9.21. The third kappa shape index (κ3) is 4.83. The Bertz CT molecular complexity index is 832. The number of hydrogen-bond donors (Lipinski definition) is 2. The van der Waals surface area contributed by atoms with Gasteiger partial charge in [-0.2, -0.15) is 0 Å². The minimum atomic E-state index is -0.255. The van der Waals surface area contributed by atoms with E-state index < -0.39 is 0 Å². The van der Waals surface area contributed by atoms with Gasteiger partial charge in [0.15, 0.2) is 5.96 Å². The Hall–Kier alpha value is -1.68. The molecule has 1 aromatic carbocycles. The van der Waals surface area contributed by atoms with Crippen molar-refractivity contribution in [3.05, 3.63) is 47.8 Å². The van der Waals surface area contributed by atoms with Crippen molar-refractivity contribution >= 4 is 29.9 Å². The fourth-order valence-corrected chi connectivity index (χ4v) is 3.74. The number of imidazole rings is 1. The van der Waals surface area contributed by atoms with Gasteiger partial charge in [0.1, 0.15) is 11.6 Å². The van der Waals surface area contributed by atoms with Gasteiger partial charge in [0.2, 0.25) is 0 Å². The van der Waals surface area contributed by atoms with Crippen LogP contribution in [0.3, 0.4) is 0 Å². The number of nitrogens with one attached hydrogen (secondary N) is 2. The Kier molecular flexibility index (Phi) is 6.92. The molecule has 1 aliphatic carbocycles. The minimum absolute atomic E-state index is 0. The van der Waals surface area contributed by atoms with Crippen molar-refractivity contribution in [2.45, 2.75) is 44.8 Å². The number of aliphatic imine (C=N–C) groups is 1. The molecule has 0 bridgehead atoms. The number of benzene rings is 1. The second-order valence-corrected chi connectivity index (χ2v) is 7.41. The molecule has 8 heteroatoms. The van der Waals surface area contributed by atoms with Crippen molar-refractivity contribution in [3.8, 4) is 5.69 Å². The van der Waals surface area contributed by atoms with Crippen LogP contribution in [0.25, 0.3) is 5.69 Å². The summed E-state index contributed by atoms with van der Waals surface area (Å²) in [5.41, 5.74) is 1.39. The summed E-state index contributed by atoms with van der Waals surface area (Å²) in [5, 5.41) is 6.80. The fourth-order valence-electron chi connectivity index (χ4n) is 3.74. The smallest absolute Gasteiger partial charge is 0.191 e. The average molecular weight is 498 g/mol. The molecule has 2 N–H and O–H groups in total. The number of nitrogens with zero attached hydrogens (tertiary/aromatic N) is 4. The molecule has 0 amide bonds. The molecule has 0 radical (unpaired) electrons. The standard InChI is InChI=1S/C20H27FN6.HI/c1-14-23-8-10-27(14)19-6-3-15(11-18(19)21)12-24-20(22-2)25-16-7-9-26(13-16)17-4-5-17;/h3,6,8,10-11,16-17H,4-5,7,9,12-13H2,1-2H3,(H2,22,24,25);1H. The number of aromatic nitrogens is 2. The summed E-state index contributed by atoms with van der Waals surface area (Å²) in [6, 6.07) is 6.54. The summed E-state index contributed by atoms with van der Waals surface area (Å²) in [6.07, 6.45) is 7.28. The summed E-state index contributed by atoms with van der Waals surface area (Å²) < 4.78 is 16.3.